The minimum Gasteiger partial charge on any atom is -0.473 e. The Balaban J connectivity index is 1.58. The molecule has 0 radical (unpaired) electrons. The molecule has 0 bridgehead atoms. The summed E-state index contributed by atoms with van der Waals surface area (Å²) in [5, 5.41) is 3.81. The number of hydrogen-bond acceptors (Lipinski definition) is 4. The predicted molar refractivity (Wildman–Crippen MR) is 126 cm³/mol. The van der Waals surface area contributed by atoms with Crippen LogP contribution in [0.2, 0.25) is 5.02 Å². The van der Waals surface area contributed by atoms with E-state index in [9.17, 15) is 9.59 Å². The minimum absolute atomic E-state index is 0.00303. The summed E-state index contributed by atoms with van der Waals surface area (Å²) in [5.41, 5.74) is 1.86. The monoisotopic (exact) mass is 447 g/mol. The molecule has 3 aromatic carbocycles. The van der Waals surface area contributed by atoms with Crippen LogP contribution < -0.4 is 15.5 Å². The molecule has 4 aromatic rings. The number of carbonyl (C=O) groups excluding carboxylic acids is 1. The van der Waals surface area contributed by atoms with Crippen molar-refractivity contribution in [3.05, 3.63) is 99.7 Å². The quantitative estimate of drug-likeness (QED) is 0.420. The molecule has 0 aliphatic carbocycles. The number of carbonyl (C=O) groups is 1. The fraction of sp³-hybridized carbons (Fsp3) is 0.154. The van der Waals surface area contributed by atoms with Crippen LogP contribution in [0.25, 0.3) is 22.3 Å². The first-order chi connectivity index (χ1) is 15.5. The van der Waals surface area contributed by atoms with Gasteiger partial charge in [-0.2, -0.15) is 0 Å². The Kier molecular flexibility index (Phi) is 6.57. The van der Waals surface area contributed by atoms with Gasteiger partial charge in [0.2, 0.25) is 11.2 Å². The molecule has 0 saturated heterocycles. The average molecular weight is 448 g/mol. The summed E-state index contributed by atoms with van der Waals surface area (Å²) in [6, 6.07) is 23.7. The van der Waals surface area contributed by atoms with Crippen molar-refractivity contribution in [3.8, 4) is 17.1 Å². The summed E-state index contributed by atoms with van der Waals surface area (Å²) < 4.78 is 11.9. The van der Waals surface area contributed by atoms with Crippen molar-refractivity contribution >= 4 is 28.5 Å². The minimum atomic E-state index is -0.888. The van der Waals surface area contributed by atoms with E-state index in [1.165, 1.54) is 0 Å². The van der Waals surface area contributed by atoms with E-state index in [1.807, 2.05) is 30.3 Å². The number of rotatable bonds is 7. The van der Waals surface area contributed by atoms with Crippen LogP contribution in [0, 0.1) is 0 Å². The van der Waals surface area contributed by atoms with Gasteiger partial charge < -0.3 is 14.5 Å². The van der Waals surface area contributed by atoms with Crippen molar-refractivity contribution in [2.45, 2.75) is 19.4 Å². The third kappa shape index (κ3) is 4.84. The van der Waals surface area contributed by atoms with Crippen molar-refractivity contribution in [1.29, 1.82) is 0 Å². The van der Waals surface area contributed by atoms with Gasteiger partial charge in [-0.05, 0) is 55.3 Å². The number of fused-ring (bicyclic) bond motifs is 1. The Labute approximate surface area is 190 Å². The van der Waals surface area contributed by atoms with Crippen LogP contribution in [-0.4, -0.2) is 18.6 Å². The Morgan fingerprint density at radius 3 is 2.44 bits per heavy atom. The Morgan fingerprint density at radius 2 is 1.69 bits per heavy atom. The van der Waals surface area contributed by atoms with Gasteiger partial charge in [-0.1, -0.05) is 54.1 Å². The zero-order chi connectivity index (χ0) is 22.5. The highest BCUT2D eigenvalue weighted by atomic mass is 35.5. The molecule has 1 heterocycles. The standard InChI is InChI=1S/C26H22ClNO4/c1-17(26(30)28-16-15-18-7-3-2-4-8-18)31-25-23(29)21-9-5-6-10-22(21)32-24(25)19-11-13-20(27)14-12-19/h2-14,17H,15-16H2,1H3,(H,28,30). The number of nitrogens with one attached hydrogen (secondary N) is 1. The van der Waals surface area contributed by atoms with Crippen molar-refractivity contribution < 1.29 is 13.9 Å². The predicted octanol–water partition coefficient (Wildman–Crippen LogP) is 5.24. The second-order valence-electron chi connectivity index (χ2n) is 7.38. The number of halogens is 1. The van der Waals surface area contributed by atoms with E-state index >= 15 is 0 Å². The number of hydrogen-bond donors (Lipinski definition) is 1. The highest BCUT2D eigenvalue weighted by molar-refractivity contribution is 6.30. The number of ether oxygens (including phenoxy) is 1. The molecule has 162 valence electrons. The molecule has 32 heavy (non-hydrogen) atoms. The van der Waals surface area contributed by atoms with Gasteiger partial charge in [0.1, 0.15) is 5.58 Å². The molecule has 0 aliphatic heterocycles. The van der Waals surface area contributed by atoms with E-state index in [4.69, 9.17) is 20.8 Å². The second kappa shape index (κ2) is 9.71. The van der Waals surface area contributed by atoms with Crippen molar-refractivity contribution in [3.63, 3.8) is 0 Å². The number of amides is 1. The molecule has 0 aliphatic rings. The Hall–Kier alpha value is -3.57. The van der Waals surface area contributed by atoms with E-state index in [0.717, 1.165) is 5.56 Å². The summed E-state index contributed by atoms with van der Waals surface area (Å²) >= 11 is 6.01. The molecule has 0 saturated carbocycles. The lowest BCUT2D eigenvalue weighted by Gasteiger charge is -2.17. The van der Waals surface area contributed by atoms with Crippen LogP contribution in [0.1, 0.15) is 12.5 Å². The Bertz CT molecular complexity index is 1280. The van der Waals surface area contributed by atoms with Crippen molar-refractivity contribution in [2.75, 3.05) is 6.54 Å². The molecule has 1 aromatic heterocycles. The number of benzene rings is 3. The van der Waals surface area contributed by atoms with Crippen molar-refractivity contribution in [2.24, 2.45) is 0 Å². The maximum Gasteiger partial charge on any atom is 0.260 e. The Morgan fingerprint density at radius 1 is 1.00 bits per heavy atom. The van der Waals surface area contributed by atoms with E-state index in [2.05, 4.69) is 5.32 Å². The van der Waals surface area contributed by atoms with Crippen LogP contribution in [0.3, 0.4) is 0 Å². The molecule has 4 rings (SSSR count). The maximum absolute atomic E-state index is 13.2. The van der Waals surface area contributed by atoms with Gasteiger partial charge in [0.05, 0.1) is 5.39 Å². The molecule has 1 unspecified atom stereocenters. The summed E-state index contributed by atoms with van der Waals surface area (Å²) in [6.07, 6.45) is -0.186. The molecule has 6 heteroatoms. The molecular formula is C26H22ClNO4. The van der Waals surface area contributed by atoms with Crippen molar-refractivity contribution in [1.82, 2.24) is 5.32 Å². The van der Waals surface area contributed by atoms with Gasteiger partial charge >= 0.3 is 0 Å². The lowest BCUT2D eigenvalue weighted by atomic mass is 10.1. The fourth-order valence-corrected chi connectivity index (χ4v) is 3.50. The van der Waals surface area contributed by atoms with Gasteiger partial charge in [0.15, 0.2) is 11.9 Å². The maximum atomic E-state index is 13.2. The third-order valence-electron chi connectivity index (χ3n) is 5.08. The van der Waals surface area contributed by atoms with Gasteiger partial charge in [-0.25, -0.2) is 0 Å². The van der Waals surface area contributed by atoms with Crippen LogP contribution in [0.4, 0.5) is 0 Å². The first kappa shape index (κ1) is 21.7. The van der Waals surface area contributed by atoms with E-state index < -0.39 is 6.10 Å². The van der Waals surface area contributed by atoms with E-state index in [0.29, 0.717) is 34.5 Å². The van der Waals surface area contributed by atoms with Gasteiger partial charge in [-0.3, -0.25) is 9.59 Å². The lowest BCUT2D eigenvalue weighted by Crippen LogP contribution is -2.38. The molecule has 5 nitrogen and oxygen atoms in total. The topological polar surface area (TPSA) is 68.5 Å². The second-order valence-corrected chi connectivity index (χ2v) is 7.82. The largest absolute Gasteiger partial charge is 0.473 e. The van der Waals surface area contributed by atoms with Gasteiger partial charge in [0, 0.05) is 17.1 Å². The highest BCUT2D eigenvalue weighted by Gasteiger charge is 2.22. The normalized spacial score (nSPS) is 11.8. The van der Waals surface area contributed by atoms with E-state index in [1.54, 1.807) is 55.5 Å². The first-order valence-electron chi connectivity index (χ1n) is 10.3. The zero-order valence-corrected chi connectivity index (χ0v) is 18.3. The number of para-hydroxylation sites is 1. The fourth-order valence-electron chi connectivity index (χ4n) is 3.37. The molecular weight excluding hydrogens is 426 g/mol. The molecule has 1 amide bonds. The SMILES string of the molecule is CC(Oc1c(-c2ccc(Cl)cc2)oc2ccccc2c1=O)C(=O)NCCc1ccccc1. The molecule has 0 fully saturated rings. The molecule has 0 spiro atoms. The first-order valence-corrected chi connectivity index (χ1v) is 10.7. The molecule has 1 N–H and O–H groups in total. The summed E-state index contributed by atoms with van der Waals surface area (Å²) in [5.74, 6) is -0.0541. The van der Waals surface area contributed by atoms with E-state index in [-0.39, 0.29) is 22.8 Å². The summed E-state index contributed by atoms with van der Waals surface area (Å²) in [6.45, 7) is 2.07. The van der Waals surface area contributed by atoms with Gasteiger partial charge in [0.25, 0.3) is 5.91 Å². The van der Waals surface area contributed by atoms with Crippen LogP contribution >= 0.6 is 11.6 Å². The lowest BCUT2D eigenvalue weighted by molar-refractivity contribution is -0.127. The average Bonchev–Trinajstić information content (AvgIpc) is 2.82. The summed E-state index contributed by atoms with van der Waals surface area (Å²) in [7, 11) is 0. The van der Waals surface area contributed by atoms with Gasteiger partial charge in [-0.15, -0.1) is 0 Å². The van der Waals surface area contributed by atoms with Crippen LogP contribution in [0.15, 0.2) is 88.1 Å². The third-order valence-corrected chi connectivity index (χ3v) is 5.33. The van der Waals surface area contributed by atoms with Crippen LogP contribution in [-0.2, 0) is 11.2 Å². The zero-order valence-electron chi connectivity index (χ0n) is 17.5. The van der Waals surface area contributed by atoms with Crippen LogP contribution in [0.5, 0.6) is 5.75 Å². The highest BCUT2D eigenvalue weighted by Crippen LogP contribution is 2.32. The summed E-state index contributed by atoms with van der Waals surface area (Å²) in [4.78, 5) is 25.8. The molecule has 1 atom stereocenters. The smallest absolute Gasteiger partial charge is 0.260 e.